The van der Waals surface area contributed by atoms with E-state index in [1.54, 1.807) is 6.07 Å². The number of nitrogens with one attached hydrogen (secondary N) is 3. The van der Waals surface area contributed by atoms with Gasteiger partial charge in [0.25, 0.3) is 5.91 Å². The highest BCUT2D eigenvalue weighted by molar-refractivity contribution is 6.04. The van der Waals surface area contributed by atoms with E-state index in [9.17, 15) is 9.18 Å². The highest BCUT2D eigenvalue weighted by Crippen LogP contribution is 2.19. The summed E-state index contributed by atoms with van der Waals surface area (Å²) >= 11 is 0. The standard InChI is InChI=1S/C14H15FN4O/c1-8-2-3-9(15)6-12(8)17-14(20)13-10-7-16-5-4-11(10)18-19-13/h2-3,6,16H,4-5,7H2,1H3,(H,17,20)(H,18,19). The Hall–Kier alpha value is -2.21. The Morgan fingerprint density at radius 3 is 3.15 bits per heavy atom. The zero-order valence-corrected chi connectivity index (χ0v) is 11.1. The Morgan fingerprint density at radius 2 is 2.30 bits per heavy atom. The molecule has 6 heteroatoms. The SMILES string of the molecule is Cc1ccc(F)cc1NC(=O)c1n[nH]c2c1CNCC2. The van der Waals surface area contributed by atoms with Crippen molar-refractivity contribution >= 4 is 11.6 Å². The zero-order chi connectivity index (χ0) is 14.1. The molecule has 0 spiro atoms. The number of amides is 1. The third kappa shape index (κ3) is 2.30. The van der Waals surface area contributed by atoms with E-state index in [0.29, 0.717) is 17.9 Å². The number of rotatable bonds is 2. The predicted octanol–water partition coefficient (Wildman–Crippen LogP) is 1.76. The summed E-state index contributed by atoms with van der Waals surface area (Å²) in [4.78, 5) is 12.3. The molecule has 0 saturated carbocycles. The smallest absolute Gasteiger partial charge is 0.276 e. The number of anilines is 1. The second-order valence-corrected chi connectivity index (χ2v) is 4.87. The van der Waals surface area contributed by atoms with Crippen LogP contribution in [0.4, 0.5) is 10.1 Å². The van der Waals surface area contributed by atoms with Gasteiger partial charge in [-0.2, -0.15) is 5.10 Å². The highest BCUT2D eigenvalue weighted by atomic mass is 19.1. The fourth-order valence-electron chi connectivity index (χ4n) is 2.32. The first-order valence-corrected chi connectivity index (χ1v) is 6.49. The Kier molecular flexibility index (Phi) is 3.23. The molecule has 3 N–H and O–H groups in total. The first-order chi connectivity index (χ1) is 9.65. The van der Waals surface area contributed by atoms with Crippen LogP contribution in [-0.2, 0) is 13.0 Å². The van der Waals surface area contributed by atoms with E-state index < -0.39 is 0 Å². The fraction of sp³-hybridized carbons (Fsp3) is 0.286. The first-order valence-electron chi connectivity index (χ1n) is 6.49. The van der Waals surface area contributed by atoms with Gasteiger partial charge in [-0.1, -0.05) is 6.07 Å². The molecule has 0 atom stereocenters. The summed E-state index contributed by atoms with van der Waals surface area (Å²) in [5, 5.41) is 12.9. The number of aryl methyl sites for hydroxylation is 1. The van der Waals surface area contributed by atoms with Crippen molar-refractivity contribution in [2.45, 2.75) is 19.9 Å². The van der Waals surface area contributed by atoms with Crippen LogP contribution in [0.2, 0.25) is 0 Å². The quantitative estimate of drug-likeness (QED) is 0.781. The molecule has 0 saturated heterocycles. The lowest BCUT2D eigenvalue weighted by Gasteiger charge is -2.13. The van der Waals surface area contributed by atoms with E-state index in [0.717, 1.165) is 29.8 Å². The maximum Gasteiger partial charge on any atom is 0.276 e. The van der Waals surface area contributed by atoms with Crippen molar-refractivity contribution in [1.82, 2.24) is 15.5 Å². The lowest BCUT2D eigenvalue weighted by Crippen LogP contribution is -2.25. The van der Waals surface area contributed by atoms with E-state index in [1.807, 2.05) is 6.92 Å². The Bertz CT molecular complexity index is 665. The molecule has 1 aliphatic heterocycles. The van der Waals surface area contributed by atoms with E-state index in [1.165, 1.54) is 12.1 Å². The van der Waals surface area contributed by atoms with Crippen LogP contribution in [-0.4, -0.2) is 22.6 Å². The van der Waals surface area contributed by atoms with Gasteiger partial charge in [0.15, 0.2) is 5.69 Å². The van der Waals surface area contributed by atoms with Crippen molar-refractivity contribution in [2.24, 2.45) is 0 Å². The summed E-state index contributed by atoms with van der Waals surface area (Å²) in [6, 6.07) is 4.31. The van der Waals surface area contributed by atoms with Crippen molar-refractivity contribution < 1.29 is 9.18 Å². The molecule has 0 fully saturated rings. The van der Waals surface area contributed by atoms with Crippen LogP contribution in [0, 0.1) is 12.7 Å². The van der Waals surface area contributed by atoms with Gasteiger partial charge in [0.1, 0.15) is 5.82 Å². The number of fused-ring (bicyclic) bond motifs is 1. The van der Waals surface area contributed by atoms with Gasteiger partial charge in [0, 0.05) is 36.5 Å². The number of nitrogens with zero attached hydrogens (tertiary/aromatic N) is 1. The third-order valence-corrected chi connectivity index (χ3v) is 3.47. The molecule has 20 heavy (non-hydrogen) atoms. The molecule has 104 valence electrons. The summed E-state index contributed by atoms with van der Waals surface area (Å²) in [7, 11) is 0. The minimum Gasteiger partial charge on any atom is -0.320 e. The van der Waals surface area contributed by atoms with Crippen molar-refractivity contribution in [3.63, 3.8) is 0 Å². The molecule has 2 heterocycles. The van der Waals surface area contributed by atoms with Gasteiger partial charge >= 0.3 is 0 Å². The molecule has 2 aromatic rings. The lowest BCUT2D eigenvalue weighted by atomic mass is 10.1. The number of H-pyrrole nitrogens is 1. The number of benzene rings is 1. The topological polar surface area (TPSA) is 69.8 Å². The molecule has 5 nitrogen and oxygen atoms in total. The molecule has 0 bridgehead atoms. The van der Waals surface area contributed by atoms with Gasteiger partial charge in [-0.05, 0) is 24.6 Å². The molecule has 1 amide bonds. The van der Waals surface area contributed by atoms with E-state index in [2.05, 4.69) is 20.8 Å². The van der Waals surface area contributed by atoms with E-state index >= 15 is 0 Å². The molecule has 0 unspecified atom stereocenters. The Morgan fingerprint density at radius 1 is 1.45 bits per heavy atom. The molecular formula is C14H15FN4O. The van der Waals surface area contributed by atoms with Gasteiger partial charge in [-0.3, -0.25) is 9.89 Å². The highest BCUT2D eigenvalue weighted by Gasteiger charge is 2.21. The largest absolute Gasteiger partial charge is 0.320 e. The maximum absolute atomic E-state index is 13.2. The summed E-state index contributed by atoms with van der Waals surface area (Å²) in [6.45, 7) is 3.31. The molecule has 0 aliphatic carbocycles. The molecule has 1 aromatic heterocycles. The van der Waals surface area contributed by atoms with Crippen molar-refractivity contribution in [1.29, 1.82) is 0 Å². The summed E-state index contributed by atoms with van der Waals surface area (Å²) in [5.41, 5.74) is 3.53. The van der Waals surface area contributed by atoms with Crippen molar-refractivity contribution in [3.05, 3.63) is 46.5 Å². The molecule has 0 radical (unpaired) electrons. The molecular weight excluding hydrogens is 259 g/mol. The number of carbonyl (C=O) groups is 1. The van der Waals surface area contributed by atoms with Gasteiger partial charge in [-0.15, -0.1) is 0 Å². The number of carbonyl (C=O) groups excluding carboxylic acids is 1. The Balaban J connectivity index is 1.86. The van der Waals surface area contributed by atoms with E-state index in [-0.39, 0.29) is 11.7 Å². The normalized spacial score (nSPS) is 13.9. The van der Waals surface area contributed by atoms with Gasteiger partial charge < -0.3 is 10.6 Å². The van der Waals surface area contributed by atoms with Crippen LogP contribution >= 0.6 is 0 Å². The van der Waals surface area contributed by atoms with E-state index in [4.69, 9.17) is 0 Å². The van der Waals surface area contributed by atoms with Crippen LogP contribution in [0.15, 0.2) is 18.2 Å². The van der Waals surface area contributed by atoms with Crippen LogP contribution in [0.3, 0.4) is 0 Å². The van der Waals surface area contributed by atoms with Gasteiger partial charge in [0.05, 0.1) is 0 Å². The summed E-state index contributed by atoms with van der Waals surface area (Å²) < 4.78 is 13.2. The minimum atomic E-state index is -0.378. The average molecular weight is 274 g/mol. The Labute approximate surface area is 115 Å². The van der Waals surface area contributed by atoms with Crippen LogP contribution in [0.25, 0.3) is 0 Å². The van der Waals surface area contributed by atoms with Crippen LogP contribution in [0.5, 0.6) is 0 Å². The molecule has 1 aliphatic rings. The number of hydrogen-bond donors (Lipinski definition) is 3. The maximum atomic E-state index is 13.2. The first kappa shape index (κ1) is 12.8. The molecule has 1 aromatic carbocycles. The lowest BCUT2D eigenvalue weighted by molar-refractivity contribution is 0.102. The number of aromatic nitrogens is 2. The summed E-state index contributed by atoms with van der Waals surface area (Å²) in [5.74, 6) is -0.698. The molecule has 3 rings (SSSR count). The predicted molar refractivity (Wildman–Crippen MR) is 73.1 cm³/mol. The van der Waals surface area contributed by atoms with Crippen LogP contribution in [0.1, 0.15) is 27.3 Å². The second kappa shape index (κ2) is 5.05. The van der Waals surface area contributed by atoms with Crippen LogP contribution < -0.4 is 10.6 Å². The summed E-state index contributed by atoms with van der Waals surface area (Å²) in [6.07, 6.45) is 0.828. The van der Waals surface area contributed by atoms with Gasteiger partial charge in [-0.25, -0.2) is 4.39 Å². The van der Waals surface area contributed by atoms with Gasteiger partial charge in [0.2, 0.25) is 0 Å². The van der Waals surface area contributed by atoms with Crippen molar-refractivity contribution in [3.8, 4) is 0 Å². The van der Waals surface area contributed by atoms with Crippen molar-refractivity contribution in [2.75, 3.05) is 11.9 Å². The number of aromatic amines is 1. The number of hydrogen-bond acceptors (Lipinski definition) is 3. The number of halogens is 1. The average Bonchev–Trinajstić information content (AvgIpc) is 2.87. The second-order valence-electron chi connectivity index (χ2n) is 4.87. The zero-order valence-electron chi connectivity index (χ0n) is 11.1. The third-order valence-electron chi connectivity index (χ3n) is 3.47. The fourth-order valence-corrected chi connectivity index (χ4v) is 2.32. The minimum absolute atomic E-state index is 0.320. The monoisotopic (exact) mass is 274 g/mol.